The molecule has 1 aromatic rings. The Morgan fingerprint density at radius 3 is 2.41 bits per heavy atom. The molecule has 1 heteroatoms. The van der Waals surface area contributed by atoms with Crippen molar-refractivity contribution in [3.63, 3.8) is 0 Å². The largest absolute Gasteiger partial charge is 0.316 e. The van der Waals surface area contributed by atoms with Crippen molar-refractivity contribution in [1.29, 1.82) is 0 Å². The summed E-state index contributed by atoms with van der Waals surface area (Å²) in [6, 6.07) is 11.1. The van der Waals surface area contributed by atoms with Gasteiger partial charge in [-0.15, -0.1) is 0 Å². The normalized spacial score (nSPS) is 25.3. The first-order valence-electron chi connectivity index (χ1n) is 9.52. The van der Waals surface area contributed by atoms with Crippen molar-refractivity contribution in [3.05, 3.63) is 35.9 Å². The van der Waals surface area contributed by atoms with E-state index < -0.39 is 0 Å². The minimum Gasteiger partial charge on any atom is -0.316 e. The van der Waals surface area contributed by atoms with Gasteiger partial charge in [0.1, 0.15) is 0 Å². The lowest BCUT2D eigenvalue weighted by atomic mass is 9.66. The monoisotopic (exact) mass is 301 g/mol. The van der Waals surface area contributed by atoms with Crippen LogP contribution in [0, 0.1) is 11.3 Å². The summed E-state index contributed by atoms with van der Waals surface area (Å²) >= 11 is 0. The first-order chi connectivity index (χ1) is 10.8. The molecule has 0 amide bonds. The van der Waals surface area contributed by atoms with E-state index in [1.807, 2.05) is 0 Å². The standard InChI is InChI=1S/C21H35N/c1-3-5-9-19-12-14-21(15-13-19,18-22-16-4-2)17-20-10-7-6-8-11-20/h6-8,10-11,19,22H,3-5,9,12-18H2,1-2H3. The molecule has 22 heavy (non-hydrogen) atoms. The summed E-state index contributed by atoms with van der Waals surface area (Å²) < 4.78 is 0. The molecule has 124 valence electrons. The number of rotatable bonds is 9. The molecule has 1 nitrogen and oxygen atoms in total. The van der Waals surface area contributed by atoms with Gasteiger partial charge in [0.05, 0.1) is 0 Å². The SMILES string of the molecule is CCCCC1CCC(CNCCC)(Cc2ccccc2)CC1. The molecule has 1 aromatic carbocycles. The summed E-state index contributed by atoms with van der Waals surface area (Å²) in [5.41, 5.74) is 2.02. The molecule has 0 saturated heterocycles. The second kappa shape index (κ2) is 9.35. The minimum atomic E-state index is 0.499. The Morgan fingerprint density at radius 2 is 1.77 bits per heavy atom. The first kappa shape index (κ1) is 17.5. The molecule has 2 rings (SSSR count). The highest BCUT2D eigenvalue weighted by Gasteiger charge is 2.34. The van der Waals surface area contributed by atoms with Crippen molar-refractivity contribution < 1.29 is 0 Å². The highest BCUT2D eigenvalue weighted by atomic mass is 14.9. The lowest BCUT2D eigenvalue weighted by Crippen LogP contribution is -2.39. The van der Waals surface area contributed by atoms with E-state index in [1.54, 1.807) is 0 Å². The van der Waals surface area contributed by atoms with Crippen molar-refractivity contribution in [2.45, 2.75) is 71.6 Å². The second-order valence-electron chi connectivity index (χ2n) is 7.42. The molecule has 0 aromatic heterocycles. The highest BCUT2D eigenvalue weighted by Crippen LogP contribution is 2.42. The Labute approximate surface area is 137 Å². The summed E-state index contributed by atoms with van der Waals surface area (Å²) in [6.07, 6.45) is 12.4. The van der Waals surface area contributed by atoms with E-state index in [2.05, 4.69) is 49.5 Å². The molecule has 0 heterocycles. The van der Waals surface area contributed by atoms with E-state index in [1.165, 1.54) is 69.9 Å². The van der Waals surface area contributed by atoms with Crippen LogP contribution < -0.4 is 5.32 Å². The van der Waals surface area contributed by atoms with Gasteiger partial charge in [-0.3, -0.25) is 0 Å². The van der Waals surface area contributed by atoms with Crippen molar-refractivity contribution in [1.82, 2.24) is 5.32 Å². The molecule has 0 atom stereocenters. The average molecular weight is 302 g/mol. The van der Waals surface area contributed by atoms with E-state index in [4.69, 9.17) is 0 Å². The molecule has 0 radical (unpaired) electrons. The van der Waals surface area contributed by atoms with E-state index >= 15 is 0 Å². The Morgan fingerprint density at radius 1 is 1.05 bits per heavy atom. The van der Waals surface area contributed by atoms with Gasteiger partial charge in [0, 0.05) is 6.54 Å². The van der Waals surface area contributed by atoms with Gasteiger partial charge in [-0.25, -0.2) is 0 Å². The van der Waals surface area contributed by atoms with Gasteiger partial charge in [-0.05, 0) is 62.0 Å². The van der Waals surface area contributed by atoms with Crippen LogP contribution in [0.1, 0.15) is 70.8 Å². The molecule has 0 aliphatic heterocycles. The predicted octanol–water partition coefficient (Wildman–Crippen LogP) is 5.60. The van der Waals surface area contributed by atoms with Crippen LogP contribution in [0.5, 0.6) is 0 Å². The van der Waals surface area contributed by atoms with Gasteiger partial charge in [-0.1, -0.05) is 63.4 Å². The molecular formula is C21H35N. The molecule has 0 spiro atoms. The lowest BCUT2D eigenvalue weighted by Gasteiger charge is -2.41. The van der Waals surface area contributed by atoms with Crippen LogP contribution in [0.3, 0.4) is 0 Å². The first-order valence-corrected chi connectivity index (χ1v) is 9.52. The van der Waals surface area contributed by atoms with Crippen LogP contribution in [-0.4, -0.2) is 13.1 Å². The van der Waals surface area contributed by atoms with Gasteiger partial charge in [0.2, 0.25) is 0 Å². The molecule has 1 saturated carbocycles. The lowest BCUT2D eigenvalue weighted by molar-refractivity contribution is 0.138. The smallest absolute Gasteiger partial charge is 0.00110 e. The topological polar surface area (TPSA) is 12.0 Å². The number of hydrogen-bond acceptors (Lipinski definition) is 1. The Kier molecular flexibility index (Phi) is 7.45. The summed E-state index contributed by atoms with van der Waals surface area (Å²) in [4.78, 5) is 0. The van der Waals surface area contributed by atoms with Gasteiger partial charge < -0.3 is 5.32 Å². The maximum absolute atomic E-state index is 3.72. The fourth-order valence-electron chi connectivity index (χ4n) is 4.05. The maximum Gasteiger partial charge on any atom is 0.00110 e. The third-order valence-electron chi connectivity index (χ3n) is 5.48. The molecule has 0 unspecified atom stereocenters. The Bertz CT molecular complexity index is 390. The van der Waals surface area contributed by atoms with E-state index in [-0.39, 0.29) is 0 Å². The maximum atomic E-state index is 3.72. The predicted molar refractivity (Wildman–Crippen MR) is 97.2 cm³/mol. The van der Waals surface area contributed by atoms with Crippen LogP contribution in [0.15, 0.2) is 30.3 Å². The van der Waals surface area contributed by atoms with Crippen LogP contribution in [0.25, 0.3) is 0 Å². The van der Waals surface area contributed by atoms with Gasteiger partial charge in [-0.2, -0.15) is 0 Å². The molecule has 1 fully saturated rings. The Balaban J connectivity index is 1.94. The van der Waals surface area contributed by atoms with Crippen LogP contribution in [0.2, 0.25) is 0 Å². The third kappa shape index (κ3) is 5.43. The summed E-state index contributed by atoms with van der Waals surface area (Å²) in [5, 5.41) is 3.72. The average Bonchev–Trinajstić information content (AvgIpc) is 2.56. The van der Waals surface area contributed by atoms with Gasteiger partial charge in [0.25, 0.3) is 0 Å². The van der Waals surface area contributed by atoms with Crippen LogP contribution in [-0.2, 0) is 6.42 Å². The number of hydrogen-bond donors (Lipinski definition) is 1. The quantitative estimate of drug-likeness (QED) is 0.586. The zero-order chi connectivity index (χ0) is 15.7. The summed E-state index contributed by atoms with van der Waals surface area (Å²) in [5.74, 6) is 0.995. The number of unbranched alkanes of at least 4 members (excludes halogenated alkanes) is 1. The fourth-order valence-corrected chi connectivity index (χ4v) is 4.05. The third-order valence-corrected chi connectivity index (χ3v) is 5.48. The van der Waals surface area contributed by atoms with E-state index in [0.717, 1.165) is 12.5 Å². The summed E-state index contributed by atoms with van der Waals surface area (Å²) in [6.45, 7) is 6.95. The second-order valence-corrected chi connectivity index (χ2v) is 7.42. The highest BCUT2D eigenvalue weighted by molar-refractivity contribution is 5.17. The number of nitrogens with one attached hydrogen (secondary N) is 1. The van der Waals surface area contributed by atoms with Gasteiger partial charge in [0.15, 0.2) is 0 Å². The zero-order valence-corrected chi connectivity index (χ0v) is 14.7. The van der Waals surface area contributed by atoms with Crippen LogP contribution in [0.4, 0.5) is 0 Å². The molecular weight excluding hydrogens is 266 g/mol. The fraction of sp³-hybridized carbons (Fsp3) is 0.714. The van der Waals surface area contributed by atoms with Crippen molar-refractivity contribution in [2.75, 3.05) is 13.1 Å². The van der Waals surface area contributed by atoms with Crippen molar-refractivity contribution >= 4 is 0 Å². The summed E-state index contributed by atoms with van der Waals surface area (Å²) in [7, 11) is 0. The van der Waals surface area contributed by atoms with Crippen molar-refractivity contribution in [2.24, 2.45) is 11.3 Å². The molecule has 1 N–H and O–H groups in total. The van der Waals surface area contributed by atoms with E-state index in [9.17, 15) is 0 Å². The van der Waals surface area contributed by atoms with Crippen LogP contribution >= 0.6 is 0 Å². The number of benzene rings is 1. The Hall–Kier alpha value is -0.820. The molecule has 0 bridgehead atoms. The zero-order valence-electron chi connectivity index (χ0n) is 14.7. The van der Waals surface area contributed by atoms with Crippen molar-refractivity contribution in [3.8, 4) is 0 Å². The van der Waals surface area contributed by atoms with Gasteiger partial charge >= 0.3 is 0 Å². The minimum absolute atomic E-state index is 0.499. The molecule has 1 aliphatic rings. The van der Waals surface area contributed by atoms with E-state index in [0.29, 0.717) is 5.41 Å². The molecule has 1 aliphatic carbocycles.